The lowest BCUT2D eigenvalue weighted by molar-refractivity contribution is -0.126. The van der Waals surface area contributed by atoms with Crippen LogP contribution >= 0.6 is 11.6 Å². The van der Waals surface area contributed by atoms with Gasteiger partial charge in [-0.25, -0.2) is 9.18 Å². The number of nitrogens with one attached hydrogen (secondary N) is 1. The quantitative estimate of drug-likeness (QED) is 0.803. The van der Waals surface area contributed by atoms with Gasteiger partial charge in [-0.3, -0.25) is 9.69 Å². The van der Waals surface area contributed by atoms with Crippen LogP contribution in [0.3, 0.4) is 0 Å². The fraction of sp³-hybridized carbons (Fsp3) is 0.600. The molecule has 0 bridgehead atoms. The molecule has 8 heteroatoms. The minimum atomic E-state index is -0.675. The van der Waals surface area contributed by atoms with Crippen LogP contribution in [0.2, 0.25) is 5.02 Å². The number of ether oxygens (including phenoxy) is 2. The lowest BCUT2D eigenvalue weighted by atomic mass is 10.00. The molecule has 1 aromatic rings. The number of hydrogen-bond donors (Lipinski definition) is 1. The Hall–Kier alpha value is -1.86. The lowest BCUT2D eigenvalue weighted by Gasteiger charge is -2.29. The zero-order valence-electron chi connectivity index (χ0n) is 16.6. The Morgan fingerprint density at radius 3 is 2.71 bits per heavy atom. The van der Waals surface area contributed by atoms with Crippen LogP contribution in [0, 0.1) is 11.2 Å². The van der Waals surface area contributed by atoms with Crippen molar-refractivity contribution in [3.05, 3.63) is 34.6 Å². The van der Waals surface area contributed by atoms with E-state index in [0.29, 0.717) is 18.6 Å². The van der Waals surface area contributed by atoms with Crippen LogP contribution in [0.4, 0.5) is 9.18 Å². The van der Waals surface area contributed by atoms with Crippen LogP contribution in [0.5, 0.6) is 0 Å². The van der Waals surface area contributed by atoms with Gasteiger partial charge in [0.1, 0.15) is 17.5 Å². The predicted molar refractivity (Wildman–Crippen MR) is 102 cm³/mol. The number of nitrogens with zero attached hydrogens (tertiary/aromatic N) is 1. The molecule has 0 unspecified atom stereocenters. The van der Waals surface area contributed by atoms with Crippen LogP contribution in [0.15, 0.2) is 18.2 Å². The SMILES string of the molecule is COC[C@@]12C[C@@H](C(=O)NCc3cccc(Cl)c3F)N(C(=O)OC(C)(C)C)[C@@H]1C2. The zero-order valence-corrected chi connectivity index (χ0v) is 17.3. The van der Waals surface area contributed by atoms with Gasteiger partial charge in [-0.1, -0.05) is 23.7 Å². The first kappa shape index (κ1) is 20.9. The molecule has 2 aliphatic rings. The summed E-state index contributed by atoms with van der Waals surface area (Å²) in [7, 11) is 1.61. The number of rotatable bonds is 5. The second-order valence-corrected chi connectivity index (χ2v) is 8.96. The maximum absolute atomic E-state index is 14.1. The van der Waals surface area contributed by atoms with Gasteiger partial charge >= 0.3 is 6.09 Å². The largest absolute Gasteiger partial charge is 0.444 e. The molecule has 2 fully saturated rings. The number of piperidine rings is 1. The summed E-state index contributed by atoms with van der Waals surface area (Å²) in [5.41, 5.74) is -0.585. The molecule has 2 amide bonds. The molecule has 3 atom stereocenters. The molecule has 28 heavy (non-hydrogen) atoms. The van der Waals surface area contributed by atoms with Crippen molar-refractivity contribution in [3.63, 3.8) is 0 Å². The summed E-state index contributed by atoms with van der Waals surface area (Å²) in [5, 5.41) is 2.73. The van der Waals surface area contributed by atoms with Crippen molar-refractivity contribution < 1.29 is 23.5 Å². The van der Waals surface area contributed by atoms with Crippen molar-refractivity contribution in [2.45, 2.75) is 57.8 Å². The minimum absolute atomic E-state index is 0.00305. The van der Waals surface area contributed by atoms with Gasteiger partial charge in [0.05, 0.1) is 11.6 Å². The Kier molecular flexibility index (Phi) is 5.60. The standard InChI is InChI=1S/C20H26ClFN2O4/c1-19(2,3)28-18(26)24-14(8-20(11-27-4)9-15(20)24)17(25)23-10-12-6-5-7-13(21)16(12)22/h5-7,14-15H,8-11H2,1-4H3,(H,23,25)/t14-,15+,20-/m0/s1. The fourth-order valence-corrected chi connectivity index (χ4v) is 4.11. The van der Waals surface area contributed by atoms with Crippen molar-refractivity contribution in [2.24, 2.45) is 5.41 Å². The topological polar surface area (TPSA) is 67.9 Å². The Morgan fingerprint density at radius 1 is 1.36 bits per heavy atom. The molecule has 3 rings (SSSR count). The molecule has 6 nitrogen and oxygen atoms in total. The Morgan fingerprint density at radius 2 is 2.07 bits per heavy atom. The monoisotopic (exact) mass is 412 g/mol. The second-order valence-electron chi connectivity index (χ2n) is 8.55. The molecule has 154 valence electrons. The highest BCUT2D eigenvalue weighted by Crippen LogP contribution is 2.59. The molecule has 0 radical (unpaired) electrons. The van der Waals surface area contributed by atoms with E-state index in [9.17, 15) is 14.0 Å². The molecule has 1 aliphatic heterocycles. The van der Waals surface area contributed by atoms with E-state index in [1.807, 2.05) is 0 Å². The third-order valence-corrected chi connectivity index (χ3v) is 5.53. The van der Waals surface area contributed by atoms with Gasteiger partial charge in [0.2, 0.25) is 5.91 Å². The summed E-state index contributed by atoms with van der Waals surface area (Å²) in [4.78, 5) is 27.1. The summed E-state index contributed by atoms with van der Waals surface area (Å²) in [5.74, 6) is -0.897. The van der Waals surface area contributed by atoms with Gasteiger partial charge < -0.3 is 14.8 Å². The van der Waals surface area contributed by atoms with Crippen LogP contribution < -0.4 is 5.32 Å². The molecular weight excluding hydrogens is 387 g/mol. The third-order valence-electron chi connectivity index (χ3n) is 5.24. The average Bonchev–Trinajstić information content (AvgIpc) is 3.18. The van der Waals surface area contributed by atoms with Gasteiger partial charge in [-0.05, 0) is 39.7 Å². The third kappa shape index (κ3) is 4.10. The molecule has 1 saturated heterocycles. The van der Waals surface area contributed by atoms with Crippen molar-refractivity contribution in [1.29, 1.82) is 0 Å². The number of fused-ring (bicyclic) bond motifs is 1. The summed E-state index contributed by atoms with van der Waals surface area (Å²) < 4.78 is 24.9. The van der Waals surface area contributed by atoms with Crippen LogP contribution in [-0.4, -0.2) is 48.3 Å². The number of amides is 2. The van der Waals surface area contributed by atoms with E-state index in [4.69, 9.17) is 21.1 Å². The minimum Gasteiger partial charge on any atom is -0.444 e. The Balaban J connectivity index is 1.73. The summed E-state index contributed by atoms with van der Waals surface area (Å²) in [6, 6.07) is 3.88. The molecule has 0 aromatic heterocycles. The van der Waals surface area contributed by atoms with Gasteiger partial charge in [-0.2, -0.15) is 0 Å². The summed E-state index contributed by atoms with van der Waals surface area (Å²) in [6.07, 6.45) is 0.767. The molecule has 1 aliphatic carbocycles. The van der Waals surface area contributed by atoms with Crippen LogP contribution in [0.1, 0.15) is 39.2 Å². The van der Waals surface area contributed by atoms with E-state index in [1.54, 1.807) is 40.0 Å². The van der Waals surface area contributed by atoms with Gasteiger partial charge in [0.15, 0.2) is 0 Å². The molecule has 1 heterocycles. The van der Waals surface area contributed by atoms with Crippen molar-refractivity contribution in [1.82, 2.24) is 10.2 Å². The smallest absolute Gasteiger partial charge is 0.411 e. The Labute approximate surface area is 169 Å². The second kappa shape index (κ2) is 7.52. The lowest BCUT2D eigenvalue weighted by Crippen LogP contribution is -2.49. The van der Waals surface area contributed by atoms with E-state index in [-0.39, 0.29) is 28.9 Å². The van der Waals surface area contributed by atoms with E-state index in [2.05, 4.69) is 5.32 Å². The van der Waals surface area contributed by atoms with Crippen molar-refractivity contribution >= 4 is 23.6 Å². The average molecular weight is 413 g/mol. The maximum Gasteiger partial charge on any atom is 0.411 e. The number of likely N-dealkylation sites (tertiary alicyclic amines) is 1. The van der Waals surface area contributed by atoms with E-state index >= 15 is 0 Å². The number of benzene rings is 1. The van der Waals surface area contributed by atoms with Crippen molar-refractivity contribution in [3.8, 4) is 0 Å². The number of methoxy groups -OCH3 is 1. The molecule has 0 spiro atoms. The molecule has 1 N–H and O–H groups in total. The van der Waals surface area contributed by atoms with Crippen molar-refractivity contribution in [2.75, 3.05) is 13.7 Å². The first-order chi connectivity index (χ1) is 13.1. The zero-order chi connectivity index (χ0) is 20.7. The number of hydrogen-bond acceptors (Lipinski definition) is 4. The van der Waals surface area contributed by atoms with E-state index in [1.165, 1.54) is 11.0 Å². The van der Waals surface area contributed by atoms with E-state index in [0.717, 1.165) is 6.42 Å². The summed E-state index contributed by atoms with van der Waals surface area (Å²) >= 11 is 5.79. The summed E-state index contributed by atoms with van der Waals surface area (Å²) in [6.45, 7) is 5.82. The van der Waals surface area contributed by atoms with Crippen LogP contribution in [0.25, 0.3) is 0 Å². The number of carbonyl (C=O) groups excluding carboxylic acids is 2. The highest BCUT2D eigenvalue weighted by atomic mass is 35.5. The van der Waals surface area contributed by atoms with Crippen LogP contribution in [-0.2, 0) is 20.8 Å². The van der Waals surface area contributed by atoms with Gasteiger partial charge in [0.25, 0.3) is 0 Å². The maximum atomic E-state index is 14.1. The normalized spacial score (nSPS) is 26.0. The molecular formula is C20H26ClFN2O4. The highest BCUT2D eigenvalue weighted by molar-refractivity contribution is 6.30. The fourth-order valence-electron chi connectivity index (χ4n) is 3.91. The first-order valence-corrected chi connectivity index (χ1v) is 9.66. The van der Waals surface area contributed by atoms with E-state index < -0.39 is 23.6 Å². The van der Waals surface area contributed by atoms with Gasteiger partial charge in [-0.15, -0.1) is 0 Å². The van der Waals surface area contributed by atoms with Gasteiger partial charge in [0, 0.05) is 30.7 Å². The predicted octanol–water partition coefficient (Wildman–Crippen LogP) is 3.51. The highest BCUT2D eigenvalue weighted by Gasteiger charge is 2.67. The first-order valence-electron chi connectivity index (χ1n) is 9.29. The number of halogens is 2. The molecule has 1 aromatic carbocycles. The molecule has 1 saturated carbocycles. The Bertz CT molecular complexity index is 782. The number of carbonyl (C=O) groups is 2.